The van der Waals surface area contributed by atoms with E-state index in [0.29, 0.717) is 24.2 Å². The van der Waals surface area contributed by atoms with Crippen molar-refractivity contribution in [1.82, 2.24) is 4.90 Å². The quantitative estimate of drug-likeness (QED) is 0.789. The standard InChI is InChI=1S/C15H21FN2O/c1-12(2)18(8-9-19)11-14-6-5-13(4-3-7-17)10-15(14)16/h5-6,10,12,19H,7-9,11,17H2,1-2H3. The Morgan fingerprint density at radius 3 is 2.68 bits per heavy atom. The van der Waals surface area contributed by atoms with E-state index >= 15 is 0 Å². The lowest BCUT2D eigenvalue weighted by Crippen LogP contribution is -2.33. The van der Waals surface area contributed by atoms with E-state index in [1.54, 1.807) is 12.1 Å². The lowest BCUT2D eigenvalue weighted by Gasteiger charge is -2.25. The fourth-order valence-electron chi connectivity index (χ4n) is 1.77. The number of aliphatic hydroxyl groups excluding tert-OH is 1. The van der Waals surface area contributed by atoms with Crippen LogP contribution in [0.5, 0.6) is 0 Å². The average Bonchev–Trinajstić information content (AvgIpc) is 2.38. The highest BCUT2D eigenvalue weighted by Gasteiger charge is 2.12. The zero-order valence-electron chi connectivity index (χ0n) is 11.5. The van der Waals surface area contributed by atoms with Crippen LogP contribution >= 0.6 is 0 Å². The van der Waals surface area contributed by atoms with Crippen molar-refractivity contribution in [1.29, 1.82) is 0 Å². The van der Waals surface area contributed by atoms with Gasteiger partial charge < -0.3 is 10.8 Å². The maximum atomic E-state index is 14.0. The molecule has 0 saturated heterocycles. The van der Waals surface area contributed by atoms with Gasteiger partial charge in [-0.1, -0.05) is 17.9 Å². The molecule has 0 spiro atoms. The lowest BCUT2D eigenvalue weighted by molar-refractivity contribution is 0.158. The van der Waals surface area contributed by atoms with Gasteiger partial charge in [-0.05, 0) is 26.0 Å². The Labute approximate surface area is 114 Å². The second-order valence-electron chi connectivity index (χ2n) is 4.60. The molecule has 1 rings (SSSR count). The van der Waals surface area contributed by atoms with Gasteiger partial charge in [-0.25, -0.2) is 4.39 Å². The first-order valence-corrected chi connectivity index (χ1v) is 6.40. The van der Waals surface area contributed by atoms with Gasteiger partial charge in [0.2, 0.25) is 0 Å². The van der Waals surface area contributed by atoms with Crippen LogP contribution in [0.4, 0.5) is 4.39 Å². The number of hydrogen-bond donors (Lipinski definition) is 2. The van der Waals surface area contributed by atoms with Crippen molar-refractivity contribution in [3.05, 3.63) is 35.1 Å². The van der Waals surface area contributed by atoms with Crippen LogP contribution in [0.2, 0.25) is 0 Å². The second kappa shape index (κ2) is 7.90. The van der Waals surface area contributed by atoms with Crippen LogP contribution in [0, 0.1) is 17.7 Å². The van der Waals surface area contributed by atoms with Crippen molar-refractivity contribution in [2.24, 2.45) is 5.73 Å². The summed E-state index contributed by atoms with van der Waals surface area (Å²) in [7, 11) is 0. The van der Waals surface area contributed by atoms with E-state index in [1.807, 2.05) is 18.7 Å². The monoisotopic (exact) mass is 264 g/mol. The van der Waals surface area contributed by atoms with Gasteiger partial charge >= 0.3 is 0 Å². The largest absolute Gasteiger partial charge is 0.395 e. The summed E-state index contributed by atoms with van der Waals surface area (Å²) in [5, 5.41) is 9.01. The third kappa shape index (κ3) is 4.99. The summed E-state index contributed by atoms with van der Waals surface area (Å²) >= 11 is 0. The molecule has 0 unspecified atom stereocenters. The lowest BCUT2D eigenvalue weighted by atomic mass is 10.1. The van der Waals surface area contributed by atoms with Crippen LogP contribution in [0.3, 0.4) is 0 Å². The molecule has 1 aromatic carbocycles. The SMILES string of the molecule is CC(C)N(CCO)Cc1ccc(C#CCN)cc1F. The van der Waals surface area contributed by atoms with Crippen molar-refractivity contribution in [3.8, 4) is 11.8 Å². The zero-order valence-corrected chi connectivity index (χ0v) is 11.5. The van der Waals surface area contributed by atoms with Crippen molar-refractivity contribution in [2.75, 3.05) is 19.7 Å². The predicted octanol–water partition coefficient (Wildman–Crippen LogP) is 1.34. The van der Waals surface area contributed by atoms with Gasteiger partial charge in [-0.3, -0.25) is 4.90 Å². The summed E-state index contributed by atoms with van der Waals surface area (Å²) in [4.78, 5) is 2.02. The maximum Gasteiger partial charge on any atom is 0.128 e. The Kier molecular flexibility index (Phi) is 6.51. The van der Waals surface area contributed by atoms with E-state index < -0.39 is 0 Å². The summed E-state index contributed by atoms with van der Waals surface area (Å²) in [6, 6.07) is 5.21. The highest BCUT2D eigenvalue weighted by atomic mass is 19.1. The molecule has 0 saturated carbocycles. The Balaban J connectivity index is 2.84. The molecule has 0 heterocycles. The Bertz CT molecular complexity index is 463. The fraction of sp³-hybridized carbons (Fsp3) is 0.467. The van der Waals surface area contributed by atoms with Crippen molar-refractivity contribution < 1.29 is 9.50 Å². The number of rotatable bonds is 5. The number of hydrogen-bond acceptors (Lipinski definition) is 3. The first kappa shape index (κ1) is 15.6. The molecule has 104 valence electrons. The van der Waals surface area contributed by atoms with Gasteiger partial charge in [0.15, 0.2) is 0 Å². The molecule has 3 N–H and O–H groups in total. The molecule has 0 aromatic heterocycles. The summed E-state index contributed by atoms with van der Waals surface area (Å²) in [6.45, 7) is 5.39. The molecular weight excluding hydrogens is 243 g/mol. The Hall–Kier alpha value is -1.41. The van der Waals surface area contributed by atoms with E-state index in [0.717, 1.165) is 0 Å². The third-order valence-electron chi connectivity index (χ3n) is 2.88. The smallest absolute Gasteiger partial charge is 0.128 e. The molecule has 3 nitrogen and oxygen atoms in total. The van der Waals surface area contributed by atoms with Crippen LogP contribution in [0.25, 0.3) is 0 Å². The fourth-order valence-corrected chi connectivity index (χ4v) is 1.77. The highest BCUT2D eigenvalue weighted by Crippen LogP contribution is 2.14. The minimum atomic E-state index is -0.271. The van der Waals surface area contributed by atoms with E-state index in [2.05, 4.69) is 11.8 Å². The summed E-state index contributed by atoms with van der Waals surface area (Å²) < 4.78 is 14.0. The van der Waals surface area contributed by atoms with Crippen LogP contribution in [0.1, 0.15) is 25.0 Å². The van der Waals surface area contributed by atoms with E-state index in [1.165, 1.54) is 6.07 Å². The van der Waals surface area contributed by atoms with Crippen LogP contribution in [0.15, 0.2) is 18.2 Å². The Morgan fingerprint density at radius 2 is 2.16 bits per heavy atom. The van der Waals surface area contributed by atoms with E-state index in [4.69, 9.17) is 10.8 Å². The Morgan fingerprint density at radius 1 is 1.42 bits per heavy atom. The van der Waals surface area contributed by atoms with Gasteiger partial charge in [0, 0.05) is 30.3 Å². The van der Waals surface area contributed by atoms with Crippen molar-refractivity contribution >= 4 is 0 Å². The number of nitrogens with two attached hydrogens (primary N) is 1. The molecule has 0 aliphatic rings. The molecule has 0 aliphatic carbocycles. The molecular formula is C15H21FN2O. The molecule has 0 aliphatic heterocycles. The number of benzene rings is 1. The average molecular weight is 264 g/mol. The minimum Gasteiger partial charge on any atom is -0.395 e. The second-order valence-corrected chi connectivity index (χ2v) is 4.60. The number of aliphatic hydroxyl groups is 1. The predicted molar refractivity (Wildman–Crippen MR) is 75.0 cm³/mol. The normalized spacial score (nSPS) is 10.7. The van der Waals surface area contributed by atoms with Crippen molar-refractivity contribution in [2.45, 2.75) is 26.4 Å². The number of nitrogens with zero attached hydrogens (tertiary/aromatic N) is 1. The third-order valence-corrected chi connectivity index (χ3v) is 2.88. The molecule has 0 amide bonds. The first-order valence-electron chi connectivity index (χ1n) is 6.40. The van der Waals surface area contributed by atoms with Crippen LogP contribution < -0.4 is 5.73 Å². The van der Waals surface area contributed by atoms with Gasteiger partial charge in [0.1, 0.15) is 5.82 Å². The first-order chi connectivity index (χ1) is 9.08. The summed E-state index contributed by atoms with van der Waals surface area (Å²) in [5.74, 6) is 5.23. The summed E-state index contributed by atoms with van der Waals surface area (Å²) in [5.41, 5.74) is 6.52. The van der Waals surface area contributed by atoms with Gasteiger partial charge in [-0.2, -0.15) is 0 Å². The van der Waals surface area contributed by atoms with Crippen LogP contribution in [-0.4, -0.2) is 35.7 Å². The number of halogens is 1. The van der Waals surface area contributed by atoms with Gasteiger partial charge in [0.05, 0.1) is 13.2 Å². The highest BCUT2D eigenvalue weighted by molar-refractivity contribution is 5.37. The molecule has 0 bridgehead atoms. The van der Waals surface area contributed by atoms with Gasteiger partial charge in [-0.15, -0.1) is 0 Å². The maximum absolute atomic E-state index is 14.0. The van der Waals surface area contributed by atoms with Gasteiger partial charge in [0.25, 0.3) is 0 Å². The molecule has 0 radical (unpaired) electrons. The molecule has 19 heavy (non-hydrogen) atoms. The van der Waals surface area contributed by atoms with E-state index in [-0.39, 0.29) is 25.0 Å². The van der Waals surface area contributed by atoms with Crippen LogP contribution in [-0.2, 0) is 6.54 Å². The van der Waals surface area contributed by atoms with E-state index in [9.17, 15) is 4.39 Å². The molecule has 4 heteroatoms. The molecule has 1 aromatic rings. The molecule has 0 fully saturated rings. The van der Waals surface area contributed by atoms with Crippen molar-refractivity contribution in [3.63, 3.8) is 0 Å². The minimum absolute atomic E-state index is 0.0693. The zero-order chi connectivity index (χ0) is 14.3. The molecule has 0 atom stereocenters. The topological polar surface area (TPSA) is 49.5 Å². The summed E-state index contributed by atoms with van der Waals surface area (Å²) in [6.07, 6.45) is 0.